The third-order valence-corrected chi connectivity index (χ3v) is 3.14. The van der Waals surface area contributed by atoms with Gasteiger partial charge < -0.3 is 5.73 Å². The van der Waals surface area contributed by atoms with E-state index in [0.717, 1.165) is 19.3 Å². The van der Waals surface area contributed by atoms with Crippen molar-refractivity contribution in [1.82, 2.24) is 0 Å². The van der Waals surface area contributed by atoms with Crippen LogP contribution in [-0.4, -0.2) is 12.3 Å². The van der Waals surface area contributed by atoms with Gasteiger partial charge in [0.15, 0.2) is 5.78 Å². The van der Waals surface area contributed by atoms with Crippen molar-refractivity contribution in [2.24, 2.45) is 17.1 Å². The molecule has 1 aliphatic carbocycles. The molecule has 0 aromatic carbocycles. The monoisotopic (exact) mass is 183 g/mol. The van der Waals surface area contributed by atoms with Crippen LogP contribution in [0.2, 0.25) is 0 Å². The summed E-state index contributed by atoms with van der Waals surface area (Å²) in [6, 6.07) is 0. The zero-order valence-corrected chi connectivity index (χ0v) is 8.81. The molecule has 2 N–H and O–H groups in total. The number of hydrogen-bond acceptors (Lipinski definition) is 2. The molecule has 0 spiro atoms. The van der Waals surface area contributed by atoms with Gasteiger partial charge in [0.05, 0.1) is 6.54 Å². The van der Waals surface area contributed by atoms with Gasteiger partial charge in [-0.05, 0) is 25.2 Å². The fourth-order valence-electron chi connectivity index (χ4n) is 2.65. The van der Waals surface area contributed by atoms with E-state index in [0.29, 0.717) is 11.7 Å². The van der Waals surface area contributed by atoms with Crippen LogP contribution in [0.25, 0.3) is 0 Å². The third-order valence-electron chi connectivity index (χ3n) is 3.14. The molecule has 1 rings (SSSR count). The predicted molar refractivity (Wildman–Crippen MR) is 54.4 cm³/mol. The van der Waals surface area contributed by atoms with Crippen LogP contribution in [0.5, 0.6) is 0 Å². The quantitative estimate of drug-likeness (QED) is 0.725. The smallest absolute Gasteiger partial charge is 0.152 e. The Labute approximate surface area is 80.9 Å². The highest BCUT2D eigenvalue weighted by atomic mass is 16.1. The third kappa shape index (κ3) is 2.31. The van der Waals surface area contributed by atoms with E-state index in [1.54, 1.807) is 0 Å². The first-order chi connectivity index (χ1) is 6.10. The maximum absolute atomic E-state index is 11.7. The van der Waals surface area contributed by atoms with Crippen molar-refractivity contribution in [1.29, 1.82) is 0 Å². The zero-order chi connectivity index (χ0) is 9.90. The molecule has 0 amide bonds. The maximum atomic E-state index is 11.7. The number of hydrogen-bond donors (Lipinski definition) is 1. The summed E-state index contributed by atoms with van der Waals surface area (Å²) in [6.07, 6.45) is 5.59. The van der Waals surface area contributed by atoms with Crippen molar-refractivity contribution in [2.75, 3.05) is 6.54 Å². The van der Waals surface area contributed by atoms with E-state index >= 15 is 0 Å². The van der Waals surface area contributed by atoms with Crippen LogP contribution in [0.1, 0.15) is 46.0 Å². The normalized spacial score (nSPS) is 20.9. The molecule has 1 fully saturated rings. The summed E-state index contributed by atoms with van der Waals surface area (Å²) in [4.78, 5) is 11.7. The molecule has 1 aliphatic rings. The molecule has 0 aromatic heterocycles. The molecule has 13 heavy (non-hydrogen) atoms. The van der Waals surface area contributed by atoms with Gasteiger partial charge in [-0.15, -0.1) is 0 Å². The number of ketones is 1. The van der Waals surface area contributed by atoms with Gasteiger partial charge >= 0.3 is 0 Å². The number of rotatable bonds is 4. The van der Waals surface area contributed by atoms with E-state index in [2.05, 4.69) is 13.8 Å². The largest absolute Gasteiger partial charge is 0.324 e. The van der Waals surface area contributed by atoms with Crippen molar-refractivity contribution in [3.63, 3.8) is 0 Å². The van der Waals surface area contributed by atoms with Crippen molar-refractivity contribution in [3.8, 4) is 0 Å². The highest BCUT2D eigenvalue weighted by Gasteiger charge is 2.39. The van der Waals surface area contributed by atoms with Gasteiger partial charge in [-0.3, -0.25) is 4.79 Å². The summed E-state index contributed by atoms with van der Waals surface area (Å²) in [5.74, 6) is 0.896. The van der Waals surface area contributed by atoms with Crippen molar-refractivity contribution < 1.29 is 4.79 Å². The van der Waals surface area contributed by atoms with Crippen LogP contribution in [0.3, 0.4) is 0 Å². The summed E-state index contributed by atoms with van der Waals surface area (Å²) in [6.45, 7) is 4.60. The van der Waals surface area contributed by atoms with Gasteiger partial charge in [0.25, 0.3) is 0 Å². The van der Waals surface area contributed by atoms with Gasteiger partial charge in [-0.2, -0.15) is 0 Å². The summed E-state index contributed by atoms with van der Waals surface area (Å²) in [5, 5.41) is 0. The number of carbonyl (C=O) groups is 1. The van der Waals surface area contributed by atoms with Gasteiger partial charge in [-0.25, -0.2) is 0 Å². The minimum absolute atomic E-state index is 0.0388. The molecule has 2 heteroatoms. The van der Waals surface area contributed by atoms with Crippen molar-refractivity contribution in [3.05, 3.63) is 0 Å². The van der Waals surface area contributed by atoms with E-state index in [9.17, 15) is 4.79 Å². The zero-order valence-electron chi connectivity index (χ0n) is 8.81. The standard InChI is InChI=1S/C11H21NO/c1-9(2)7-11(10(13)8-12)5-3-4-6-11/h9H,3-8,12H2,1-2H3. The molecular weight excluding hydrogens is 162 g/mol. The topological polar surface area (TPSA) is 43.1 Å². The summed E-state index contributed by atoms with van der Waals surface area (Å²) in [5.41, 5.74) is 5.42. The lowest BCUT2D eigenvalue weighted by molar-refractivity contribution is -0.128. The SMILES string of the molecule is CC(C)CC1(C(=O)CN)CCCC1. The summed E-state index contributed by atoms with van der Waals surface area (Å²) >= 11 is 0. The van der Waals surface area contributed by atoms with E-state index < -0.39 is 0 Å². The first-order valence-electron chi connectivity index (χ1n) is 5.34. The lowest BCUT2D eigenvalue weighted by atomic mass is 9.75. The van der Waals surface area contributed by atoms with Crippen LogP contribution in [0.15, 0.2) is 0 Å². The van der Waals surface area contributed by atoms with Crippen LogP contribution in [0, 0.1) is 11.3 Å². The van der Waals surface area contributed by atoms with Gasteiger partial charge in [-0.1, -0.05) is 26.7 Å². The molecule has 1 saturated carbocycles. The average molecular weight is 183 g/mol. The second kappa shape index (κ2) is 4.23. The predicted octanol–water partition coefficient (Wildman–Crippen LogP) is 2.12. The molecule has 0 atom stereocenters. The Morgan fingerprint density at radius 1 is 1.38 bits per heavy atom. The summed E-state index contributed by atoms with van der Waals surface area (Å²) in [7, 11) is 0. The van der Waals surface area contributed by atoms with Crippen LogP contribution >= 0.6 is 0 Å². The lowest BCUT2D eigenvalue weighted by Gasteiger charge is -2.28. The van der Waals surface area contributed by atoms with E-state index in [-0.39, 0.29) is 12.0 Å². The molecule has 2 nitrogen and oxygen atoms in total. The van der Waals surface area contributed by atoms with E-state index in [1.807, 2.05) is 0 Å². The fraction of sp³-hybridized carbons (Fsp3) is 0.909. The van der Waals surface area contributed by atoms with Gasteiger partial charge in [0.1, 0.15) is 0 Å². The van der Waals surface area contributed by atoms with Gasteiger partial charge in [0, 0.05) is 5.41 Å². The molecule has 0 radical (unpaired) electrons. The minimum Gasteiger partial charge on any atom is -0.324 e. The maximum Gasteiger partial charge on any atom is 0.152 e. The first kappa shape index (κ1) is 10.7. The van der Waals surface area contributed by atoms with E-state index in [1.165, 1.54) is 12.8 Å². The molecule has 0 heterocycles. The highest BCUT2D eigenvalue weighted by Crippen LogP contribution is 2.43. The van der Waals surface area contributed by atoms with Crippen LogP contribution in [-0.2, 0) is 4.79 Å². The van der Waals surface area contributed by atoms with Crippen molar-refractivity contribution >= 4 is 5.78 Å². The Morgan fingerprint density at radius 2 is 1.92 bits per heavy atom. The molecule has 0 aliphatic heterocycles. The Morgan fingerprint density at radius 3 is 2.31 bits per heavy atom. The lowest BCUT2D eigenvalue weighted by Crippen LogP contribution is -2.34. The molecule has 0 unspecified atom stereocenters. The summed E-state index contributed by atoms with van der Waals surface area (Å²) < 4.78 is 0. The minimum atomic E-state index is -0.0388. The second-order valence-electron chi connectivity index (χ2n) is 4.71. The first-order valence-corrected chi connectivity index (χ1v) is 5.34. The molecule has 0 aromatic rings. The Kier molecular flexibility index (Phi) is 3.48. The van der Waals surface area contributed by atoms with Crippen LogP contribution in [0.4, 0.5) is 0 Å². The Hall–Kier alpha value is -0.370. The molecular formula is C11H21NO. The van der Waals surface area contributed by atoms with E-state index in [4.69, 9.17) is 5.73 Å². The Balaban J connectivity index is 2.68. The fourth-order valence-corrected chi connectivity index (χ4v) is 2.65. The van der Waals surface area contributed by atoms with Crippen LogP contribution < -0.4 is 5.73 Å². The number of carbonyl (C=O) groups excluding carboxylic acids is 1. The second-order valence-corrected chi connectivity index (χ2v) is 4.71. The van der Waals surface area contributed by atoms with Crippen molar-refractivity contribution in [2.45, 2.75) is 46.0 Å². The molecule has 0 saturated heterocycles. The average Bonchev–Trinajstić information content (AvgIpc) is 2.51. The van der Waals surface area contributed by atoms with Gasteiger partial charge in [0.2, 0.25) is 0 Å². The Bertz CT molecular complexity index is 181. The number of nitrogens with two attached hydrogens (primary N) is 1. The highest BCUT2D eigenvalue weighted by molar-refractivity contribution is 5.86. The molecule has 0 bridgehead atoms. The molecule has 76 valence electrons. The number of Topliss-reactive ketones (excluding diaryl/α,β-unsaturated/α-hetero) is 1.